The molecule has 0 aliphatic carbocycles. The first-order valence-electron chi connectivity index (χ1n) is 7.63. The quantitative estimate of drug-likeness (QED) is 0.740. The van der Waals surface area contributed by atoms with Gasteiger partial charge in [0.25, 0.3) is 0 Å². The van der Waals surface area contributed by atoms with E-state index in [9.17, 15) is 0 Å². The van der Waals surface area contributed by atoms with E-state index in [-0.39, 0.29) is 10.8 Å². The van der Waals surface area contributed by atoms with Crippen LogP contribution in [-0.2, 0) is 11.8 Å². The molecule has 1 nitrogen and oxygen atoms in total. The van der Waals surface area contributed by atoms with E-state index in [1.54, 1.807) is 0 Å². The van der Waals surface area contributed by atoms with Gasteiger partial charge in [-0.25, -0.2) is 0 Å². The van der Waals surface area contributed by atoms with E-state index in [2.05, 4.69) is 83.8 Å². The highest BCUT2D eigenvalue weighted by atomic mass is 14.9. The summed E-state index contributed by atoms with van der Waals surface area (Å²) in [6.07, 6.45) is 3.11. The van der Waals surface area contributed by atoms with E-state index in [1.165, 1.54) is 11.1 Å². The van der Waals surface area contributed by atoms with E-state index >= 15 is 0 Å². The van der Waals surface area contributed by atoms with Crippen molar-refractivity contribution >= 4 is 0 Å². The van der Waals surface area contributed by atoms with Gasteiger partial charge in [-0.2, -0.15) is 0 Å². The third kappa shape index (κ3) is 5.13. The highest BCUT2D eigenvalue weighted by Crippen LogP contribution is 2.26. The van der Waals surface area contributed by atoms with Crippen LogP contribution in [0, 0.1) is 5.41 Å². The molecule has 0 fully saturated rings. The maximum atomic E-state index is 4.02. The summed E-state index contributed by atoms with van der Waals surface area (Å²) in [6, 6.07) is 9.55. The van der Waals surface area contributed by atoms with Gasteiger partial charge in [0.1, 0.15) is 0 Å². The van der Waals surface area contributed by atoms with Crippen molar-refractivity contribution in [3.63, 3.8) is 0 Å². The SMILES string of the molecule is C=CC(C)(CNC(C)C)Cc1ccc(C(C)(C)C)cc1. The number of rotatable bonds is 6. The smallest absolute Gasteiger partial charge is 0.00453 e. The predicted molar refractivity (Wildman–Crippen MR) is 90.3 cm³/mol. The Balaban J connectivity index is 2.77. The molecule has 0 aliphatic rings. The lowest BCUT2D eigenvalue weighted by molar-refractivity contribution is 0.373. The summed E-state index contributed by atoms with van der Waals surface area (Å²) in [5.74, 6) is 0. The Morgan fingerprint density at radius 1 is 1.10 bits per heavy atom. The molecule has 0 spiro atoms. The van der Waals surface area contributed by atoms with E-state index in [4.69, 9.17) is 0 Å². The van der Waals surface area contributed by atoms with Crippen molar-refractivity contribution in [3.05, 3.63) is 48.0 Å². The zero-order valence-corrected chi connectivity index (χ0v) is 14.1. The molecule has 0 saturated heterocycles. The summed E-state index contributed by atoms with van der Waals surface area (Å²) in [4.78, 5) is 0. The van der Waals surface area contributed by atoms with Crippen molar-refractivity contribution in [1.29, 1.82) is 0 Å². The number of nitrogens with one attached hydrogen (secondary N) is 1. The Morgan fingerprint density at radius 2 is 1.65 bits per heavy atom. The first-order valence-corrected chi connectivity index (χ1v) is 7.63. The van der Waals surface area contributed by atoms with E-state index in [1.807, 2.05) is 0 Å². The summed E-state index contributed by atoms with van der Waals surface area (Å²) in [5, 5.41) is 3.52. The van der Waals surface area contributed by atoms with Crippen molar-refractivity contribution in [2.24, 2.45) is 5.41 Å². The highest BCUT2D eigenvalue weighted by Gasteiger charge is 2.21. The summed E-state index contributed by atoms with van der Waals surface area (Å²) in [7, 11) is 0. The van der Waals surface area contributed by atoms with Gasteiger partial charge in [0.05, 0.1) is 0 Å². The average molecular weight is 273 g/mol. The molecule has 0 aliphatic heterocycles. The van der Waals surface area contributed by atoms with E-state index in [0.717, 1.165) is 13.0 Å². The van der Waals surface area contributed by atoms with Gasteiger partial charge in [0.2, 0.25) is 0 Å². The predicted octanol–water partition coefficient (Wildman–Crippen LogP) is 4.72. The van der Waals surface area contributed by atoms with Crippen LogP contribution < -0.4 is 5.32 Å². The molecular formula is C19H31N. The number of hydrogen-bond acceptors (Lipinski definition) is 1. The van der Waals surface area contributed by atoms with Gasteiger partial charge in [0.15, 0.2) is 0 Å². The van der Waals surface area contributed by atoms with Crippen LogP contribution >= 0.6 is 0 Å². The Labute approximate surface area is 125 Å². The number of benzene rings is 1. The van der Waals surface area contributed by atoms with Crippen LogP contribution in [0.5, 0.6) is 0 Å². The van der Waals surface area contributed by atoms with Crippen molar-refractivity contribution < 1.29 is 0 Å². The van der Waals surface area contributed by atoms with E-state index in [0.29, 0.717) is 6.04 Å². The fraction of sp³-hybridized carbons (Fsp3) is 0.579. The second kappa shape index (κ2) is 6.58. The molecule has 1 atom stereocenters. The van der Waals surface area contributed by atoms with Gasteiger partial charge in [-0.3, -0.25) is 0 Å². The standard InChI is InChI=1S/C19H31N/c1-8-19(7,14-20-15(2)3)13-16-9-11-17(12-10-16)18(4,5)6/h8-12,15,20H,1,13-14H2,2-7H3. The fourth-order valence-corrected chi connectivity index (χ4v) is 2.23. The molecule has 1 aromatic rings. The molecule has 1 rings (SSSR count). The first kappa shape index (κ1) is 17.0. The summed E-state index contributed by atoms with van der Waals surface area (Å²) < 4.78 is 0. The van der Waals surface area contributed by atoms with Crippen LogP contribution in [0.2, 0.25) is 0 Å². The Morgan fingerprint density at radius 3 is 2.05 bits per heavy atom. The van der Waals surface area contributed by atoms with Crippen LogP contribution in [0.25, 0.3) is 0 Å². The second-order valence-corrected chi connectivity index (χ2v) is 7.52. The van der Waals surface area contributed by atoms with Crippen LogP contribution in [0.4, 0.5) is 0 Å². The third-order valence-electron chi connectivity index (χ3n) is 3.83. The van der Waals surface area contributed by atoms with Gasteiger partial charge < -0.3 is 5.32 Å². The average Bonchev–Trinajstić information content (AvgIpc) is 2.36. The fourth-order valence-electron chi connectivity index (χ4n) is 2.23. The molecule has 0 amide bonds. The van der Waals surface area contributed by atoms with Crippen LogP contribution in [-0.4, -0.2) is 12.6 Å². The van der Waals surface area contributed by atoms with E-state index < -0.39 is 0 Å². The van der Waals surface area contributed by atoms with Gasteiger partial charge in [-0.1, -0.05) is 71.9 Å². The zero-order valence-electron chi connectivity index (χ0n) is 14.1. The van der Waals surface area contributed by atoms with Crippen LogP contribution in [0.1, 0.15) is 52.7 Å². The zero-order chi connectivity index (χ0) is 15.4. The monoisotopic (exact) mass is 273 g/mol. The Kier molecular flexibility index (Phi) is 5.59. The molecule has 112 valence electrons. The molecule has 0 heterocycles. The lowest BCUT2D eigenvalue weighted by atomic mass is 9.81. The molecular weight excluding hydrogens is 242 g/mol. The van der Waals surface area contributed by atoms with Crippen LogP contribution in [0.15, 0.2) is 36.9 Å². The molecule has 1 unspecified atom stereocenters. The molecule has 0 aromatic heterocycles. The maximum absolute atomic E-state index is 4.02. The summed E-state index contributed by atoms with van der Waals surface area (Å²) in [6.45, 7) is 18.4. The van der Waals surface area contributed by atoms with Crippen molar-refractivity contribution in [3.8, 4) is 0 Å². The summed E-state index contributed by atoms with van der Waals surface area (Å²) in [5.41, 5.74) is 3.10. The molecule has 1 heteroatoms. The van der Waals surface area contributed by atoms with Crippen molar-refractivity contribution in [2.75, 3.05) is 6.54 Å². The Bertz CT molecular complexity index is 422. The molecule has 1 aromatic carbocycles. The van der Waals surface area contributed by atoms with Crippen molar-refractivity contribution in [1.82, 2.24) is 5.32 Å². The highest BCUT2D eigenvalue weighted by molar-refractivity contribution is 5.28. The van der Waals surface area contributed by atoms with Crippen LogP contribution in [0.3, 0.4) is 0 Å². The lowest BCUT2D eigenvalue weighted by Gasteiger charge is -2.28. The molecule has 0 saturated carbocycles. The molecule has 1 N–H and O–H groups in total. The topological polar surface area (TPSA) is 12.0 Å². The van der Waals surface area contributed by atoms with Gasteiger partial charge in [-0.05, 0) is 23.0 Å². The molecule has 0 radical (unpaired) electrons. The third-order valence-corrected chi connectivity index (χ3v) is 3.83. The molecule has 20 heavy (non-hydrogen) atoms. The van der Waals surface area contributed by atoms with Gasteiger partial charge >= 0.3 is 0 Å². The number of hydrogen-bond donors (Lipinski definition) is 1. The first-order chi connectivity index (χ1) is 9.16. The van der Waals surface area contributed by atoms with Gasteiger partial charge in [0, 0.05) is 18.0 Å². The normalized spacial score (nSPS) is 15.2. The maximum Gasteiger partial charge on any atom is 0.00453 e. The minimum atomic E-state index is 0.105. The summed E-state index contributed by atoms with van der Waals surface area (Å²) >= 11 is 0. The van der Waals surface area contributed by atoms with Gasteiger partial charge in [-0.15, -0.1) is 6.58 Å². The minimum Gasteiger partial charge on any atom is -0.314 e. The van der Waals surface area contributed by atoms with Crippen molar-refractivity contribution in [2.45, 2.75) is 59.4 Å². The second-order valence-electron chi connectivity index (χ2n) is 7.52. The Hall–Kier alpha value is -1.08. The largest absolute Gasteiger partial charge is 0.314 e. The lowest BCUT2D eigenvalue weighted by Crippen LogP contribution is -2.35. The molecule has 0 bridgehead atoms. The minimum absolute atomic E-state index is 0.105.